The van der Waals surface area contributed by atoms with Crippen molar-refractivity contribution < 1.29 is 18.3 Å². The number of halogens is 2. The fraction of sp³-hybridized carbons (Fsp3) is 0.200. The van der Waals surface area contributed by atoms with Crippen LogP contribution in [-0.4, -0.2) is 10.9 Å². The Hall–Kier alpha value is -2.50. The molecule has 4 nitrogen and oxygen atoms in total. The van der Waals surface area contributed by atoms with Gasteiger partial charge in [-0.3, -0.25) is 4.79 Å². The van der Waals surface area contributed by atoms with Gasteiger partial charge in [0.1, 0.15) is 11.6 Å². The fourth-order valence-corrected chi connectivity index (χ4v) is 1.47. The standard InChI is InChI=1S/C15H14F2N2O2/c1-9(2)15(20)19-13-7-6-10(8-18-13)21-12-5-3-4-11(16)14(12)17/h3-9H,1-2H3,(H,18,19,20). The monoisotopic (exact) mass is 292 g/mol. The minimum Gasteiger partial charge on any atom is -0.453 e. The molecule has 1 aromatic carbocycles. The Morgan fingerprint density at radius 2 is 2.00 bits per heavy atom. The third-order valence-corrected chi connectivity index (χ3v) is 2.66. The summed E-state index contributed by atoms with van der Waals surface area (Å²) in [5.41, 5.74) is 0. The highest BCUT2D eigenvalue weighted by Crippen LogP contribution is 2.25. The lowest BCUT2D eigenvalue weighted by Gasteiger charge is -2.09. The topological polar surface area (TPSA) is 51.2 Å². The SMILES string of the molecule is CC(C)C(=O)Nc1ccc(Oc2cccc(F)c2F)cn1. The number of hydrogen-bond acceptors (Lipinski definition) is 3. The summed E-state index contributed by atoms with van der Waals surface area (Å²) in [5.74, 6) is -1.99. The molecule has 0 spiro atoms. The lowest BCUT2D eigenvalue weighted by molar-refractivity contribution is -0.118. The molecule has 1 aromatic heterocycles. The predicted octanol–water partition coefficient (Wildman–Crippen LogP) is 3.75. The fourth-order valence-electron chi connectivity index (χ4n) is 1.47. The number of benzene rings is 1. The van der Waals surface area contributed by atoms with Crippen molar-refractivity contribution in [2.24, 2.45) is 5.92 Å². The Morgan fingerprint density at radius 3 is 2.62 bits per heavy atom. The minimum atomic E-state index is -1.06. The van der Waals surface area contributed by atoms with Gasteiger partial charge >= 0.3 is 0 Å². The van der Waals surface area contributed by atoms with Crippen LogP contribution in [0, 0.1) is 17.6 Å². The summed E-state index contributed by atoms with van der Waals surface area (Å²) < 4.78 is 31.7. The number of pyridine rings is 1. The molecule has 2 rings (SSSR count). The van der Waals surface area contributed by atoms with E-state index in [2.05, 4.69) is 10.3 Å². The van der Waals surface area contributed by atoms with Gasteiger partial charge in [-0.15, -0.1) is 0 Å². The molecule has 0 aliphatic rings. The van der Waals surface area contributed by atoms with E-state index >= 15 is 0 Å². The van der Waals surface area contributed by atoms with E-state index in [0.29, 0.717) is 5.82 Å². The van der Waals surface area contributed by atoms with Gasteiger partial charge in [0.15, 0.2) is 11.6 Å². The zero-order valence-corrected chi connectivity index (χ0v) is 11.6. The molecule has 0 aliphatic heterocycles. The van der Waals surface area contributed by atoms with Gasteiger partial charge in [0.2, 0.25) is 11.7 Å². The van der Waals surface area contributed by atoms with Crippen molar-refractivity contribution in [3.05, 3.63) is 48.2 Å². The smallest absolute Gasteiger partial charge is 0.228 e. The molecule has 0 bridgehead atoms. The van der Waals surface area contributed by atoms with Crippen molar-refractivity contribution >= 4 is 11.7 Å². The quantitative estimate of drug-likeness (QED) is 0.933. The van der Waals surface area contributed by atoms with Crippen molar-refractivity contribution in [3.8, 4) is 11.5 Å². The van der Waals surface area contributed by atoms with Gasteiger partial charge in [-0.1, -0.05) is 19.9 Å². The van der Waals surface area contributed by atoms with Gasteiger partial charge in [0.25, 0.3) is 0 Å². The summed E-state index contributed by atoms with van der Waals surface area (Å²) in [6.45, 7) is 3.53. The number of anilines is 1. The lowest BCUT2D eigenvalue weighted by Crippen LogP contribution is -2.18. The summed E-state index contributed by atoms with van der Waals surface area (Å²) in [6, 6.07) is 6.69. The average Bonchev–Trinajstić information content (AvgIpc) is 2.46. The number of ether oxygens (including phenoxy) is 1. The number of carbonyl (C=O) groups is 1. The second kappa shape index (κ2) is 6.30. The van der Waals surface area contributed by atoms with Crippen molar-refractivity contribution in [2.45, 2.75) is 13.8 Å². The zero-order valence-electron chi connectivity index (χ0n) is 11.6. The summed E-state index contributed by atoms with van der Waals surface area (Å²) >= 11 is 0. The predicted molar refractivity (Wildman–Crippen MR) is 74.1 cm³/mol. The van der Waals surface area contributed by atoms with E-state index in [1.165, 1.54) is 30.5 Å². The zero-order chi connectivity index (χ0) is 15.4. The number of carbonyl (C=O) groups excluding carboxylic acids is 1. The number of hydrogen-bond donors (Lipinski definition) is 1. The number of nitrogens with zero attached hydrogens (tertiary/aromatic N) is 1. The van der Waals surface area contributed by atoms with Crippen LogP contribution in [0.4, 0.5) is 14.6 Å². The molecule has 0 aliphatic carbocycles. The molecule has 6 heteroatoms. The van der Waals surface area contributed by atoms with E-state index < -0.39 is 11.6 Å². The van der Waals surface area contributed by atoms with Crippen molar-refractivity contribution in [1.29, 1.82) is 0 Å². The Labute approximate surface area is 120 Å². The maximum atomic E-state index is 13.5. The third-order valence-electron chi connectivity index (χ3n) is 2.66. The Bertz CT molecular complexity index is 643. The number of rotatable bonds is 4. The van der Waals surface area contributed by atoms with Crippen molar-refractivity contribution in [2.75, 3.05) is 5.32 Å². The largest absolute Gasteiger partial charge is 0.453 e. The van der Waals surface area contributed by atoms with Crippen LogP contribution in [0.5, 0.6) is 11.5 Å². The van der Waals surface area contributed by atoms with Crippen LogP contribution >= 0.6 is 0 Å². The molecule has 1 N–H and O–H groups in total. The van der Waals surface area contributed by atoms with Crippen LogP contribution in [0.25, 0.3) is 0 Å². The first-order chi connectivity index (χ1) is 9.97. The maximum absolute atomic E-state index is 13.5. The number of nitrogens with one attached hydrogen (secondary N) is 1. The van der Waals surface area contributed by atoms with Crippen LogP contribution in [0.2, 0.25) is 0 Å². The van der Waals surface area contributed by atoms with Gasteiger partial charge in [-0.05, 0) is 24.3 Å². The molecule has 0 saturated carbocycles. The second-order valence-corrected chi connectivity index (χ2v) is 4.68. The summed E-state index contributed by atoms with van der Waals surface area (Å²) in [7, 11) is 0. The molecule has 0 atom stereocenters. The number of amides is 1. The molecule has 0 radical (unpaired) electrons. The first-order valence-electron chi connectivity index (χ1n) is 6.36. The first-order valence-corrected chi connectivity index (χ1v) is 6.36. The van der Waals surface area contributed by atoms with E-state index in [-0.39, 0.29) is 23.3 Å². The van der Waals surface area contributed by atoms with E-state index in [4.69, 9.17) is 4.74 Å². The van der Waals surface area contributed by atoms with Gasteiger partial charge in [-0.2, -0.15) is 4.39 Å². The second-order valence-electron chi connectivity index (χ2n) is 4.68. The molecule has 0 saturated heterocycles. The average molecular weight is 292 g/mol. The Balaban J connectivity index is 2.09. The highest BCUT2D eigenvalue weighted by Gasteiger charge is 2.11. The molecular formula is C15H14F2N2O2. The normalized spacial score (nSPS) is 10.5. The van der Waals surface area contributed by atoms with E-state index in [0.717, 1.165) is 6.07 Å². The van der Waals surface area contributed by atoms with Crippen LogP contribution in [0.3, 0.4) is 0 Å². The van der Waals surface area contributed by atoms with Gasteiger partial charge in [0.05, 0.1) is 6.20 Å². The van der Waals surface area contributed by atoms with E-state index in [1.54, 1.807) is 13.8 Å². The van der Waals surface area contributed by atoms with Gasteiger partial charge < -0.3 is 10.1 Å². The van der Waals surface area contributed by atoms with Crippen LogP contribution in [0.15, 0.2) is 36.5 Å². The molecule has 2 aromatic rings. The Morgan fingerprint density at radius 1 is 1.24 bits per heavy atom. The third kappa shape index (κ3) is 3.75. The molecule has 1 amide bonds. The van der Waals surface area contributed by atoms with Gasteiger partial charge in [0, 0.05) is 5.92 Å². The van der Waals surface area contributed by atoms with Crippen LogP contribution < -0.4 is 10.1 Å². The number of aromatic nitrogens is 1. The molecule has 110 valence electrons. The van der Waals surface area contributed by atoms with Gasteiger partial charge in [-0.25, -0.2) is 9.37 Å². The highest BCUT2D eigenvalue weighted by atomic mass is 19.2. The summed E-state index contributed by atoms with van der Waals surface area (Å²) in [4.78, 5) is 15.5. The summed E-state index contributed by atoms with van der Waals surface area (Å²) in [6.07, 6.45) is 1.32. The Kier molecular flexibility index (Phi) is 4.47. The van der Waals surface area contributed by atoms with E-state index in [1.807, 2.05) is 0 Å². The van der Waals surface area contributed by atoms with Crippen molar-refractivity contribution in [1.82, 2.24) is 4.98 Å². The van der Waals surface area contributed by atoms with Crippen LogP contribution in [-0.2, 0) is 4.79 Å². The van der Waals surface area contributed by atoms with Crippen LogP contribution in [0.1, 0.15) is 13.8 Å². The summed E-state index contributed by atoms with van der Waals surface area (Å²) in [5, 5.41) is 2.61. The van der Waals surface area contributed by atoms with E-state index in [9.17, 15) is 13.6 Å². The molecule has 21 heavy (non-hydrogen) atoms. The lowest BCUT2D eigenvalue weighted by atomic mass is 10.2. The molecule has 0 unspecified atom stereocenters. The highest BCUT2D eigenvalue weighted by molar-refractivity contribution is 5.91. The molecular weight excluding hydrogens is 278 g/mol. The molecule has 0 fully saturated rings. The minimum absolute atomic E-state index is 0.160. The molecule has 1 heterocycles. The van der Waals surface area contributed by atoms with Crippen molar-refractivity contribution in [3.63, 3.8) is 0 Å². The maximum Gasteiger partial charge on any atom is 0.228 e. The first kappa shape index (κ1) is 14.9.